The van der Waals surface area contributed by atoms with E-state index in [1.54, 1.807) is 0 Å². The predicted octanol–water partition coefficient (Wildman–Crippen LogP) is 2.47. The molecule has 0 aromatic carbocycles. The molecule has 0 spiro atoms. The van der Waals surface area contributed by atoms with Crippen molar-refractivity contribution in [1.82, 2.24) is 5.32 Å². The summed E-state index contributed by atoms with van der Waals surface area (Å²) in [5.74, 6) is 0.626. The Balaban J connectivity index is 1.89. The van der Waals surface area contributed by atoms with Gasteiger partial charge in [0.15, 0.2) is 0 Å². The van der Waals surface area contributed by atoms with Crippen molar-refractivity contribution in [2.24, 2.45) is 5.92 Å². The van der Waals surface area contributed by atoms with Gasteiger partial charge in [0.05, 0.1) is 0 Å². The molecule has 1 aliphatic carbocycles. The van der Waals surface area contributed by atoms with Gasteiger partial charge in [-0.3, -0.25) is 4.79 Å². The van der Waals surface area contributed by atoms with Gasteiger partial charge in [-0.1, -0.05) is 28.8 Å². The number of carbonyl (C=O) groups is 1. The van der Waals surface area contributed by atoms with Crippen molar-refractivity contribution in [1.29, 1.82) is 0 Å². The summed E-state index contributed by atoms with van der Waals surface area (Å²) >= 11 is 3.39. The van der Waals surface area contributed by atoms with Crippen LogP contribution in [-0.2, 0) is 4.79 Å². The van der Waals surface area contributed by atoms with Crippen molar-refractivity contribution in [2.75, 3.05) is 11.9 Å². The van der Waals surface area contributed by atoms with Crippen LogP contribution < -0.4 is 5.32 Å². The molecule has 0 radical (unpaired) electrons. The van der Waals surface area contributed by atoms with Crippen LogP contribution in [0.25, 0.3) is 0 Å². The molecular weight excluding hydrogens is 230 g/mol. The van der Waals surface area contributed by atoms with Gasteiger partial charge in [-0.05, 0) is 25.7 Å². The number of rotatable bonds is 6. The molecule has 1 aliphatic rings. The van der Waals surface area contributed by atoms with Crippen LogP contribution >= 0.6 is 15.9 Å². The van der Waals surface area contributed by atoms with Crippen LogP contribution in [-0.4, -0.2) is 17.8 Å². The Morgan fingerprint density at radius 2 is 2.08 bits per heavy atom. The van der Waals surface area contributed by atoms with E-state index in [-0.39, 0.29) is 5.91 Å². The lowest BCUT2D eigenvalue weighted by atomic mass is 9.85. The molecule has 0 aliphatic heterocycles. The average molecular weight is 248 g/mol. The highest BCUT2D eigenvalue weighted by Crippen LogP contribution is 2.26. The molecule has 1 rings (SSSR count). The number of nitrogens with one attached hydrogen (secondary N) is 1. The van der Waals surface area contributed by atoms with Gasteiger partial charge in [-0.25, -0.2) is 0 Å². The van der Waals surface area contributed by atoms with Crippen LogP contribution in [0.15, 0.2) is 0 Å². The van der Waals surface area contributed by atoms with Gasteiger partial charge in [0.1, 0.15) is 0 Å². The lowest BCUT2D eigenvalue weighted by molar-refractivity contribution is -0.127. The van der Waals surface area contributed by atoms with Crippen LogP contribution in [0.4, 0.5) is 0 Å². The first kappa shape index (κ1) is 11.0. The third kappa shape index (κ3) is 4.12. The molecule has 0 saturated heterocycles. The number of halogens is 1. The Morgan fingerprint density at radius 1 is 1.31 bits per heavy atom. The van der Waals surface area contributed by atoms with E-state index >= 15 is 0 Å². The molecule has 76 valence electrons. The second-order valence-corrected chi connectivity index (χ2v) is 4.46. The molecule has 0 heterocycles. The van der Waals surface area contributed by atoms with Gasteiger partial charge >= 0.3 is 0 Å². The zero-order valence-corrected chi connectivity index (χ0v) is 9.61. The molecular formula is C10H18BrNO. The molecule has 0 atom stereocenters. The van der Waals surface area contributed by atoms with Crippen LogP contribution in [0, 0.1) is 5.92 Å². The number of unbranched alkanes of at least 4 members (excludes halogenated alkanes) is 2. The van der Waals surface area contributed by atoms with Crippen molar-refractivity contribution >= 4 is 21.8 Å². The first-order chi connectivity index (χ1) is 6.34. The second kappa shape index (κ2) is 6.41. The third-order valence-electron chi connectivity index (χ3n) is 2.59. The fraction of sp³-hybridized carbons (Fsp3) is 0.900. The highest BCUT2D eigenvalue weighted by Gasteiger charge is 2.24. The summed E-state index contributed by atoms with van der Waals surface area (Å²) in [6, 6.07) is 0. The van der Waals surface area contributed by atoms with E-state index in [1.807, 2.05) is 0 Å². The minimum absolute atomic E-state index is 0.282. The van der Waals surface area contributed by atoms with E-state index in [0.29, 0.717) is 5.92 Å². The van der Waals surface area contributed by atoms with Crippen molar-refractivity contribution in [2.45, 2.75) is 38.5 Å². The summed E-state index contributed by atoms with van der Waals surface area (Å²) in [5, 5.41) is 4.06. The molecule has 13 heavy (non-hydrogen) atoms. The summed E-state index contributed by atoms with van der Waals surface area (Å²) in [5.41, 5.74) is 0. The highest BCUT2D eigenvalue weighted by atomic mass is 79.9. The van der Waals surface area contributed by atoms with Gasteiger partial charge in [0.25, 0.3) is 0 Å². The second-order valence-electron chi connectivity index (χ2n) is 3.67. The highest BCUT2D eigenvalue weighted by molar-refractivity contribution is 9.09. The molecule has 0 bridgehead atoms. The van der Waals surface area contributed by atoms with Crippen molar-refractivity contribution in [3.8, 4) is 0 Å². The molecule has 1 N–H and O–H groups in total. The number of carbonyl (C=O) groups excluding carboxylic acids is 1. The molecule has 1 amide bonds. The van der Waals surface area contributed by atoms with E-state index < -0.39 is 0 Å². The summed E-state index contributed by atoms with van der Waals surface area (Å²) in [7, 11) is 0. The van der Waals surface area contributed by atoms with Gasteiger partial charge in [-0.15, -0.1) is 0 Å². The van der Waals surface area contributed by atoms with Crippen LogP contribution in [0.2, 0.25) is 0 Å². The van der Waals surface area contributed by atoms with E-state index in [0.717, 1.165) is 31.1 Å². The van der Waals surface area contributed by atoms with E-state index in [9.17, 15) is 4.79 Å². The van der Waals surface area contributed by atoms with Crippen LogP contribution in [0.5, 0.6) is 0 Å². The smallest absolute Gasteiger partial charge is 0.223 e. The van der Waals surface area contributed by atoms with Crippen molar-refractivity contribution in [3.63, 3.8) is 0 Å². The zero-order valence-electron chi connectivity index (χ0n) is 8.02. The van der Waals surface area contributed by atoms with Crippen molar-refractivity contribution in [3.05, 3.63) is 0 Å². The fourth-order valence-corrected chi connectivity index (χ4v) is 1.82. The van der Waals surface area contributed by atoms with Gasteiger partial charge in [0.2, 0.25) is 5.91 Å². The predicted molar refractivity (Wildman–Crippen MR) is 58.0 cm³/mol. The summed E-state index contributed by atoms with van der Waals surface area (Å²) in [6.45, 7) is 0.863. The maximum Gasteiger partial charge on any atom is 0.223 e. The van der Waals surface area contributed by atoms with Crippen LogP contribution in [0.1, 0.15) is 38.5 Å². The van der Waals surface area contributed by atoms with E-state index in [4.69, 9.17) is 0 Å². The molecule has 0 unspecified atom stereocenters. The summed E-state index contributed by atoms with van der Waals surface area (Å²) in [4.78, 5) is 11.3. The molecule has 1 fully saturated rings. The number of alkyl halides is 1. The number of amides is 1. The lowest BCUT2D eigenvalue weighted by Gasteiger charge is -2.23. The van der Waals surface area contributed by atoms with Crippen molar-refractivity contribution < 1.29 is 4.79 Å². The Morgan fingerprint density at radius 3 is 2.62 bits per heavy atom. The normalized spacial score (nSPS) is 16.7. The van der Waals surface area contributed by atoms with Gasteiger partial charge in [0, 0.05) is 17.8 Å². The monoisotopic (exact) mass is 247 g/mol. The zero-order chi connectivity index (χ0) is 9.52. The quantitative estimate of drug-likeness (QED) is 0.567. The summed E-state index contributed by atoms with van der Waals surface area (Å²) < 4.78 is 0. The average Bonchev–Trinajstić information content (AvgIpc) is 2.01. The van der Waals surface area contributed by atoms with E-state index in [2.05, 4.69) is 21.2 Å². The molecule has 0 aromatic heterocycles. The topological polar surface area (TPSA) is 29.1 Å². The molecule has 3 heteroatoms. The Bertz CT molecular complexity index is 157. The van der Waals surface area contributed by atoms with E-state index in [1.165, 1.54) is 19.3 Å². The Hall–Kier alpha value is -0.0500. The molecule has 2 nitrogen and oxygen atoms in total. The van der Waals surface area contributed by atoms with Gasteiger partial charge in [-0.2, -0.15) is 0 Å². The standard InChI is InChI=1S/C10H18BrNO/c11-7-2-1-3-8-12-10(13)9-5-4-6-9/h9H,1-8H2,(H,12,13). The van der Waals surface area contributed by atoms with Gasteiger partial charge < -0.3 is 5.32 Å². The maximum absolute atomic E-state index is 11.3. The first-order valence-electron chi connectivity index (χ1n) is 5.18. The minimum atomic E-state index is 0.282. The lowest BCUT2D eigenvalue weighted by Crippen LogP contribution is -2.34. The Kier molecular flexibility index (Phi) is 5.44. The molecule has 1 saturated carbocycles. The number of hydrogen-bond donors (Lipinski definition) is 1. The fourth-order valence-electron chi connectivity index (χ4n) is 1.42. The third-order valence-corrected chi connectivity index (χ3v) is 3.15. The minimum Gasteiger partial charge on any atom is -0.356 e. The number of hydrogen-bond acceptors (Lipinski definition) is 1. The maximum atomic E-state index is 11.3. The summed E-state index contributed by atoms with van der Waals surface area (Å²) in [6.07, 6.45) is 6.97. The Labute approximate surface area is 88.6 Å². The first-order valence-corrected chi connectivity index (χ1v) is 6.30. The molecule has 0 aromatic rings. The van der Waals surface area contributed by atoms with Crippen LogP contribution in [0.3, 0.4) is 0 Å². The SMILES string of the molecule is O=C(NCCCCCBr)C1CCC1. The largest absolute Gasteiger partial charge is 0.356 e.